The van der Waals surface area contributed by atoms with Gasteiger partial charge in [-0.25, -0.2) is 0 Å². The fourth-order valence-corrected chi connectivity index (χ4v) is 7.73. The minimum absolute atomic E-state index is 0.0317. The number of benzene rings is 1. The predicted molar refractivity (Wildman–Crippen MR) is 120 cm³/mol. The summed E-state index contributed by atoms with van der Waals surface area (Å²) in [6.07, 6.45) is 3.98. The lowest BCUT2D eigenvalue weighted by molar-refractivity contribution is -0.238. The molecule has 0 radical (unpaired) electrons. The molecule has 2 N–H and O–H groups in total. The quantitative estimate of drug-likeness (QED) is 0.588. The number of rotatable bonds is 1. The molecule has 5 rings (SSSR count). The second-order valence-corrected chi connectivity index (χ2v) is 11.5. The molecule has 1 aromatic rings. The molecule has 1 aromatic carbocycles. The first-order chi connectivity index (χ1) is 14.9. The topological polar surface area (TPSA) is 84.9 Å². The van der Waals surface area contributed by atoms with E-state index in [2.05, 4.69) is 33.0 Å². The summed E-state index contributed by atoms with van der Waals surface area (Å²) < 4.78 is 12.8. The van der Waals surface area contributed by atoms with Gasteiger partial charge in [-0.3, -0.25) is 9.59 Å². The van der Waals surface area contributed by atoms with Crippen LogP contribution in [0.3, 0.4) is 0 Å². The third-order valence-corrected chi connectivity index (χ3v) is 9.73. The van der Waals surface area contributed by atoms with Crippen LogP contribution in [-0.2, 0) is 22.5 Å². The van der Waals surface area contributed by atoms with Gasteiger partial charge in [0.15, 0.2) is 0 Å². The summed E-state index contributed by atoms with van der Waals surface area (Å²) >= 11 is 6.46. The number of phenolic OH excluding ortho intramolecular Hbond substituents is 1. The lowest BCUT2D eigenvalue weighted by Crippen LogP contribution is -2.70. The second-order valence-electron chi connectivity index (χ2n) is 11.1. The van der Waals surface area contributed by atoms with Gasteiger partial charge < -0.3 is 19.9 Å². The van der Waals surface area contributed by atoms with Crippen LogP contribution in [0.1, 0.15) is 81.8 Å². The Morgan fingerprint density at radius 3 is 2.62 bits per heavy atom. The molecule has 0 unspecified atom stereocenters. The number of aromatic hydroxyl groups is 1. The van der Waals surface area contributed by atoms with E-state index in [9.17, 15) is 14.7 Å². The van der Waals surface area contributed by atoms with E-state index in [-0.39, 0.29) is 45.5 Å². The van der Waals surface area contributed by atoms with E-state index in [1.807, 2.05) is 0 Å². The molecule has 1 spiro atoms. The SMILES string of the molecule is CC(=O)O[C@H]1CC[C@@]23Oc4c(c(O)c(Cl)c5c4CNC5=O)C[C@]2(C)[C@@H](C)CC[C@H]3C1(C)C. The van der Waals surface area contributed by atoms with Gasteiger partial charge in [0.2, 0.25) is 0 Å². The molecular formula is C25H32ClNO5. The second kappa shape index (κ2) is 6.78. The van der Waals surface area contributed by atoms with Gasteiger partial charge in [-0.05, 0) is 38.0 Å². The molecule has 32 heavy (non-hydrogen) atoms. The zero-order chi connectivity index (χ0) is 23.2. The molecule has 0 aromatic heterocycles. The van der Waals surface area contributed by atoms with Crippen LogP contribution in [-0.4, -0.2) is 28.7 Å². The maximum absolute atomic E-state index is 12.4. The number of phenols is 1. The molecule has 2 aliphatic heterocycles. The summed E-state index contributed by atoms with van der Waals surface area (Å²) in [5.74, 6) is 0.613. The van der Waals surface area contributed by atoms with Crippen LogP contribution in [0.2, 0.25) is 5.02 Å². The molecule has 0 saturated heterocycles. The number of halogens is 1. The summed E-state index contributed by atoms with van der Waals surface area (Å²) in [5.41, 5.74) is 0.821. The Balaban J connectivity index is 1.69. The van der Waals surface area contributed by atoms with Crippen LogP contribution in [0.4, 0.5) is 0 Å². The first-order valence-corrected chi connectivity index (χ1v) is 12.0. The van der Waals surface area contributed by atoms with Gasteiger partial charge in [0.05, 0.1) is 10.6 Å². The van der Waals surface area contributed by atoms with Crippen molar-refractivity contribution in [3.05, 3.63) is 21.7 Å². The van der Waals surface area contributed by atoms with E-state index in [1.54, 1.807) is 0 Å². The molecule has 2 aliphatic carbocycles. The highest BCUT2D eigenvalue weighted by molar-refractivity contribution is 6.36. The van der Waals surface area contributed by atoms with E-state index < -0.39 is 5.60 Å². The monoisotopic (exact) mass is 461 g/mol. The summed E-state index contributed by atoms with van der Waals surface area (Å²) in [6.45, 7) is 10.8. The summed E-state index contributed by atoms with van der Waals surface area (Å²) in [7, 11) is 0. The van der Waals surface area contributed by atoms with Crippen molar-refractivity contribution in [3.8, 4) is 11.5 Å². The van der Waals surface area contributed by atoms with Crippen molar-refractivity contribution in [1.82, 2.24) is 5.32 Å². The van der Waals surface area contributed by atoms with Gasteiger partial charge in [0, 0.05) is 41.3 Å². The van der Waals surface area contributed by atoms with Gasteiger partial charge in [0.1, 0.15) is 23.2 Å². The van der Waals surface area contributed by atoms with Crippen molar-refractivity contribution in [2.45, 2.75) is 85.0 Å². The third kappa shape index (κ3) is 2.59. The zero-order valence-corrected chi connectivity index (χ0v) is 20.2. The Morgan fingerprint density at radius 1 is 1.22 bits per heavy atom. The van der Waals surface area contributed by atoms with Crippen molar-refractivity contribution < 1.29 is 24.2 Å². The van der Waals surface area contributed by atoms with Gasteiger partial charge in [0.25, 0.3) is 5.91 Å². The van der Waals surface area contributed by atoms with E-state index in [0.717, 1.165) is 31.2 Å². The minimum Gasteiger partial charge on any atom is -0.506 e. The Kier molecular flexibility index (Phi) is 4.64. The van der Waals surface area contributed by atoms with E-state index in [0.29, 0.717) is 35.8 Å². The third-order valence-electron chi connectivity index (χ3n) is 9.36. The summed E-state index contributed by atoms with van der Waals surface area (Å²) in [6, 6.07) is 0. The maximum Gasteiger partial charge on any atom is 0.302 e. The lowest BCUT2D eigenvalue weighted by Gasteiger charge is -2.67. The standard InChI is InChI=1S/C25H32ClNO5/c1-12-6-7-16-23(3,4)17(31-13(2)28)8-9-25(16)24(12,5)10-14-20(29)19(26)18-15(21(14)32-25)11-27-22(18)30/h12,16-17,29H,6-11H2,1-5H3,(H,27,30)/t12-,16-,17-,24+,25-/m0/s1. The van der Waals surface area contributed by atoms with E-state index >= 15 is 0 Å². The number of nitrogens with one attached hydrogen (secondary N) is 1. The van der Waals surface area contributed by atoms with Crippen molar-refractivity contribution >= 4 is 23.5 Å². The molecule has 1 amide bonds. The van der Waals surface area contributed by atoms with E-state index in [4.69, 9.17) is 21.1 Å². The Labute approximate surface area is 194 Å². The van der Waals surface area contributed by atoms with Crippen molar-refractivity contribution in [1.29, 1.82) is 0 Å². The largest absolute Gasteiger partial charge is 0.506 e. The zero-order valence-electron chi connectivity index (χ0n) is 19.4. The number of hydrogen-bond acceptors (Lipinski definition) is 5. The van der Waals surface area contributed by atoms with Gasteiger partial charge in [-0.15, -0.1) is 0 Å². The van der Waals surface area contributed by atoms with Gasteiger partial charge >= 0.3 is 5.97 Å². The molecule has 2 heterocycles. The number of hydrogen-bond donors (Lipinski definition) is 2. The van der Waals surface area contributed by atoms with Crippen LogP contribution < -0.4 is 10.1 Å². The smallest absolute Gasteiger partial charge is 0.302 e. The first-order valence-electron chi connectivity index (χ1n) is 11.6. The fourth-order valence-electron chi connectivity index (χ4n) is 7.42. The molecule has 174 valence electrons. The molecule has 0 bridgehead atoms. The van der Waals surface area contributed by atoms with Crippen molar-refractivity contribution in [3.63, 3.8) is 0 Å². The number of esters is 1. The number of carbonyl (C=O) groups is 2. The summed E-state index contributed by atoms with van der Waals surface area (Å²) in [4.78, 5) is 24.3. The molecule has 5 atom stereocenters. The lowest BCUT2D eigenvalue weighted by atomic mass is 9.43. The normalized spacial score (nSPS) is 36.7. The average molecular weight is 462 g/mol. The Morgan fingerprint density at radius 2 is 1.94 bits per heavy atom. The molecule has 4 aliphatic rings. The highest BCUT2D eigenvalue weighted by Gasteiger charge is 2.68. The predicted octanol–water partition coefficient (Wildman–Crippen LogP) is 4.77. The van der Waals surface area contributed by atoms with Gasteiger partial charge in [-0.2, -0.15) is 0 Å². The van der Waals surface area contributed by atoms with Crippen LogP contribution >= 0.6 is 11.6 Å². The minimum atomic E-state index is -0.475. The van der Waals surface area contributed by atoms with E-state index in [1.165, 1.54) is 6.92 Å². The number of carbonyl (C=O) groups excluding carboxylic acids is 2. The molecule has 2 fully saturated rings. The van der Waals surface area contributed by atoms with Crippen LogP contribution in [0.5, 0.6) is 11.5 Å². The highest BCUT2D eigenvalue weighted by Crippen LogP contribution is 2.67. The maximum atomic E-state index is 12.4. The molecular weight excluding hydrogens is 430 g/mol. The number of fused-ring (bicyclic) bond motifs is 3. The first kappa shape index (κ1) is 21.9. The molecule has 2 saturated carbocycles. The van der Waals surface area contributed by atoms with Crippen molar-refractivity contribution in [2.75, 3.05) is 0 Å². The average Bonchev–Trinajstić information content (AvgIpc) is 3.10. The van der Waals surface area contributed by atoms with Crippen LogP contribution in [0, 0.1) is 22.7 Å². The molecule has 7 heteroatoms. The van der Waals surface area contributed by atoms with Crippen molar-refractivity contribution in [2.24, 2.45) is 22.7 Å². The van der Waals surface area contributed by atoms with Crippen LogP contribution in [0.25, 0.3) is 0 Å². The number of ether oxygens (including phenoxy) is 2. The Bertz CT molecular complexity index is 1040. The molecule has 6 nitrogen and oxygen atoms in total. The highest BCUT2D eigenvalue weighted by atomic mass is 35.5. The fraction of sp³-hybridized carbons (Fsp3) is 0.680. The number of amides is 1. The van der Waals surface area contributed by atoms with Crippen LogP contribution in [0.15, 0.2) is 0 Å². The van der Waals surface area contributed by atoms with Gasteiger partial charge in [-0.1, -0.05) is 39.3 Å². The Hall–Kier alpha value is -1.95. The summed E-state index contributed by atoms with van der Waals surface area (Å²) in [5, 5.41) is 14.0.